The van der Waals surface area contributed by atoms with E-state index in [4.69, 9.17) is 4.74 Å². The molecule has 0 aliphatic rings. The molecule has 0 saturated heterocycles. The van der Waals surface area contributed by atoms with Crippen molar-refractivity contribution in [1.29, 1.82) is 0 Å². The Morgan fingerprint density at radius 2 is 1.88 bits per heavy atom. The van der Waals surface area contributed by atoms with Gasteiger partial charge in [0.25, 0.3) is 0 Å². The van der Waals surface area contributed by atoms with Gasteiger partial charge in [-0.05, 0) is 31.9 Å². The fraction of sp³-hybridized carbons (Fsp3) is 0.368. The number of ether oxygens (including phenoxy) is 1. The fourth-order valence-corrected chi connectivity index (χ4v) is 3.32. The molecule has 0 radical (unpaired) electrons. The number of nitrogens with one attached hydrogen (secondary N) is 1. The van der Waals surface area contributed by atoms with Crippen LogP contribution in [-0.4, -0.2) is 18.5 Å². The zero-order valence-electron chi connectivity index (χ0n) is 14.5. The summed E-state index contributed by atoms with van der Waals surface area (Å²) in [7, 11) is 0. The number of carbonyl (C=O) groups is 2. The van der Waals surface area contributed by atoms with Crippen LogP contribution in [-0.2, 0) is 16.0 Å². The lowest BCUT2D eigenvalue weighted by atomic mass is 9.85. The molecule has 0 fully saturated rings. The molecule has 0 saturated carbocycles. The van der Waals surface area contributed by atoms with Gasteiger partial charge in [0.05, 0.1) is 12.2 Å². The van der Waals surface area contributed by atoms with Crippen LogP contribution in [0.25, 0.3) is 0 Å². The van der Waals surface area contributed by atoms with Gasteiger partial charge in [0.1, 0.15) is 5.00 Å². The Morgan fingerprint density at radius 3 is 2.50 bits per heavy atom. The van der Waals surface area contributed by atoms with Crippen molar-refractivity contribution >= 4 is 28.2 Å². The van der Waals surface area contributed by atoms with E-state index < -0.39 is 11.4 Å². The van der Waals surface area contributed by atoms with E-state index in [0.29, 0.717) is 23.6 Å². The lowest BCUT2D eigenvalue weighted by Crippen LogP contribution is -2.33. The third-order valence-corrected chi connectivity index (χ3v) is 4.65. The lowest BCUT2D eigenvalue weighted by Gasteiger charge is -2.23. The van der Waals surface area contributed by atoms with E-state index in [1.807, 2.05) is 51.1 Å². The fourth-order valence-electron chi connectivity index (χ4n) is 2.43. The van der Waals surface area contributed by atoms with Crippen molar-refractivity contribution in [3.63, 3.8) is 0 Å². The van der Waals surface area contributed by atoms with Crippen LogP contribution in [0.15, 0.2) is 36.4 Å². The average molecular weight is 345 g/mol. The van der Waals surface area contributed by atoms with E-state index in [1.165, 1.54) is 11.3 Å². The van der Waals surface area contributed by atoms with Gasteiger partial charge in [-0.15, -0.1) is 11.3 Å². The number of hydrogen-bond donors (Lipinski definition) is 1. The summed E-state index contributed by atoms with van der Waals surface area (Å²) in [6.45, 7) is 7.77. The van der Waals surface area contributed by atoms with Gasteiger partial charge in [0.15, 0.2) is 0 Å². The minimum Gasteiger partial charge on any atom is -0.462 e. The number of anilines is 1. The Labute approximate surface area is 146 Å². The smallest absolute Gasteiger partial charge is 0.341 e. The first-order valence-corrected chi connectivity index (χ1v) is 8.78. The average Bonchev–Trinajstić information content (AvgIpc) is 2.88. The summed E-state index contributed by atoms with van der Waals surface area (Å²) in [5.74, 6) is -0.517. The molecular formula is C19H23NO3S. The zero-order valence-corrected chi connectivity index (χ0v) is 15.3. The van der Waals surface area contributed by atoms with Crippen molar-refractivity contribution in [2.45, 2.75) is 34.1 Å². The SMILES string of the molecule is CCOC(=O)c1cc(C)sc1NC(=O)C(C)(C)Cc1ccccc1. The second-order valence-corrected chi connectivity index (χ2v) is 7.58. The van der Waals surface area contributed by atoms with Crippen molar-refractivity contribution in [3.8, 4) is 0 Å². The van der Waals surface area contributed by atoms with Crippen LogP contribution < -0.4 is 5.32 Å². The van der Waals surface area contributed by atoms with Crippen LogP contribution in [0.4, 0.5) is 5.00 Å². The number of aryl methyl sites for hydroxylation is 1. The highest BCUT2D eigenvalue weighted by atomic mass is 32.1. The molecule has 1 heterocycles. The summed E-state index contributed by atoms with van der Waals surface area (Å²) < 4.78 is 5.06. The maximum atomic E-state index is 12.7. The predicted molar refractivity (Wildman–Crippen MR) is 97.6 cm³/mol. The molecule has 0 bridgehead atoms. The van der Waals surface area contributed by atoms with Crippen molar-refractivity contribution < 1.29 is 14.3 Å². The van der Waals surface area contributed by atoms with Gasteiger partial charge in [-0.3, -0.25) is 4.79 Å². The second-order valence-electron chi connectivity index (χ2n) is 6.32. The van der Waals surface area contributed by atoms with Crippen molar-refractivity contribution in [3.05, 3.63) is 52.4 Å². The van der Waals surface area contributed by atoms with Crippen LogP contribution in [0.1, 0.15) is 41.6 Å². The number of esters is 1. The van der Waals surface area contributed by atoms with Gasteiger partial charge in [-0.1, -0.05) is 44.2 Å². The van der Waals surface area contributed by atoms with Gasteiger partial charge >= 0.3 is 5.97 Å². The minimum absolute atomic E-state index is 0.112. The predicted octanol–water partition coefficient (Wildman–Crippen LogP) is 4.44. The lowest BCUT2D eigenvalue weighted by molar-refractivity contribution is -0.123. The molecule has 5 heteroatoms. The van der Waals surface area contributed by atoms with Crippen molar-refractivity contribution in [2.24, 2.45) is 5.41 Å². The van der Waals surface area contributed by atoms with Gasteiger partial charge in [-0.2, -0.15) is 0 Å². The Balaban J connectivity index is 2.15. The molecule has 2 rings (SSSR count). The quantitative estimate of drug-likeness (QED) is 0.788. The molecule has 24 heavy (non-hydrogen) atoms. The van der Waals surface area contributed by atoms with Gasteiger partial charge in [0.2, 0.25) is 5.91 Å². The Morgan fingerprint density at radius 1 is 1.21 bits per heavy atom. The van der Waals surface area contributed by atoms with Crippen LogP contribution in [0.2, 0.25) is 0 Å². The molecule has 0 aliphatic carbocycles. The number of hydrogen-bond acceptors (Lipinski definition) is 4. The monoisotopic (exact) mass is 345 g/mol. The standard InChI is InChI=1S/C19H23NO3S/c1-5-23-17(21)15-11-13(2)24-16(15)20-18(22)19(3,4)12-14-9-7-6-8-10-14/h6-11H,5,12H2,1-4H3,(H,20,22). The maximum absolute atomic E-state index is 12.7. The molecule has 0 unspecified atom stereocenters. The van der Waals surface area contributed by atoms with Crippen LogP contribution in [0.5, 0.6) is 0 Å². The molecule has 1 aromatic carbocycles. The van der Waals surface area contributed by atoms with Crippen molar-refractivity contribution in [2.75, 3.05) is 11.9 Å². The molecule has 1 amide bonds. The summed E-state index contributed by atoms with van der Waals surface area (Å²) in [5, 5.41) is 3.46. The third-order valence-electron chi connectivity index (χ3n) is 3.68. The van der Waals surface area contributed by atoms with Crippen molar-refractivity contribution in [1.82, 2.24) is 0 Å². The maximum Gasteiger partial charge on any atom is 0.341 e. The number of benzene rings is 1. The van der Waals surface area contributed by atoms with E-state index in [2.05, 4.69) is 5.32 Å². The number of thiophene rings is 1. The molecule has 0 atom stereocenters. The summed E-state index contributed by atoms with van der Waals surface area (Å²) in [4.78, 5) is 25.7. The first kappa shape index (κ1) is 18.2. The third kappa shape index (κ3) is 4.45. The Kier molecular flexibility index (Phi) is 5.78. The molecule has 4 nitrogen and oxygen atoms in total. The molecule has 2 aromatic rings. The van der Waals surface area contributed by atoms with Crippen LogP contribution in [0.3, 0.4) is 0 Å². The Hall–Kier alpha value is -2.14. The van der Waals surface area contributed by atoms with Gasteiger partial charge in [-0.25, -0.2) is 4.79 Å². The summed E-state index contributed by atoms with van der Waals surface area (Å²) in [6.07, 6.45) is 0.624. The molecule has 128 valence electrons. The number of rotatable bonds is 6. The van der Waals surface area contributed by atoms with Gasteiger partial charge in [0, 0.05) is 10.3 Å². The number of amides is 1. The number of carbonyl (C=O) groups excluding carboxylic acids is 2. The Bertz CT molecular complexity index is 719. The highest BCUT2D eigenvalue weighted by molar-refractivity contribution is 7.16. The molecule has 1 aromatic heterocycles. The molecule has 0 aliphatic heterocycles. The summed E-state index contributed by atoms with van der Waals surface area (Å²) >= 11 is 1.39. The van der Waals surface area contributed by atoms with E-state index in [0.717, 1.165) is 10.4 Å². The van der Waals surface area contributed by atoms with E-state index >= 15 is 0 Å². The summed E-state index contributed by atoms with van der Waals surface area (Å²) in [5.41, 5.74) is 0.930. The first-order chi connectivity index (χ1) is 11.3. The molecule has 1 N–H and O–H groups in total. The largest absolute Gasteiger partial charge is 0.462 e. The van der Waals surface area contributed by atoms with Crippen LogP contribution >= 0.6 is 11.3 Å². The topological polar surface area (TPSA) is 55.4 Å². The second kappa shape index (κ2) is 7.62. The first-order valence-electron chi connectivity index (χ1n) is 7.96. The molecule has 0 spiro atoms. The normalized spacial score (nSPS) is 11.2. The summed E-state index contributed by atoms with van der Waals surface area (Å²) in [6, 6.07) is 11.7. The van der Waals surface area contributed by atoms with E-state index in [-0.39, 0.29) is 5.91 Å². The van der Waals surface area contributed by atoms with E-state index in [1.54, 1.807) is 13.0 Å². The van der Waals surface area contributed by atoms with Crippen LogP contribution in [0, 0.1) is 12.3 Å². The van der Waals surface area contributed by atoms with Gasteiger partial charge < -0.3 is 10.1 Å². The van der Waals surface area contributed by atoms with E-state index in [9.17, 15) is 9.59 Å². The minimum atomic E-state index is -0.592. The zero-order chi connectivity index (χ0) is 17.7. The molecular weight excluding hydrogens is 322 g/mol. The highest BCUT2D eigenvalue weighted by Crippen LogP contribution is 2.31. The highest BCUT2D eigenvalue weighted by Gasteiger charge is 2.29.